The van der Waals surface area contributed by atoms with Gasteiger partial charge in [-0.15, -0.1) is 0 Å². The molecule has 6 nitrogen and oxygen atoms in total. The summed E-state index contributed by atoms with van der Waals surface area (Å²) in [5, 5.41) is 3.94. The van der Waals surface area contributed by atoms with Gasteiger partial charge < -0.3 is 11.1 Å². The minimum Gasteiger partial charge on any atom is -0.399 e. The number of rotatable bonds is 4. The summed E-state index contributed by atoms with van der Waals surface area (Å²) >= 11 is 0. The lowest BCUT2D eigenvalue weighted by Gasteiger charge is -2.22. The molecule has 3 aromatic rings. The van der Waals surface area contributed by atoms with Crippen LogP contribution in [0.15, 0.2) is 36.4 Å². The number of sulfone groups is 1. The van der Waals surface area contributed by atoms with E-state index in [-0.39, 0.29) is 22.8 Å². The molecule has 1 atom stereocenters. The first-order valence-electron chi connectivity index (χ1n) is 10.8. The van der Waals surface area contributed by atoms with Crippen LogP contribution in [0.1, 0.15) is 47.5 Å². The second-order valence-corrected chi connectivity index (χ2v) is 10.8. The van der Waals surface area contributed by atoms with E-state index in [9.17, 15) is 21.6 Å². The van der Waals surface area contributed by atoms with Crippen LogP contribution in [0.4, 0.5) is 24.7 Å². The molecule has 0 amide bonds. The Bertz CT molecular complexity index is 1420. The molecule has 0 saturated heterocycles. The molecule has 3 N–H and O–H groups in total. The zero-order valence-corrected chi connectivity index (χ0v) is 19.8. The molecule has 4 rings (SSSR count). The maximum absolute atomic E-state index is 13.5. The normalized spacial score (nSPS) is 16.8. The van der Waals surface area contributed by atoms with Gasteiger partial charge in [0.15, 0.2) is 9.84 Å². The number of allylic oxidation sites excluding steroid dienone is 1. The highest BCUT2D eigenvalue weighted by molar-refractivity contribution is 7.91. The molecule has 1 aliphatic heterocycles. The van der Waals surface area contributed by atoms with E-state index in [2.05, 4.69) is 15.3 Å². The highest BCUT2D eigenvalue weighted by atomic mass is 32.2. The fourth-order valence-corrected chi connectivity index (χ4v) is 5.43. The number of halogens is 3. The molecule has 0 aliphatic carbocycles. The Morgan fingerprint density at radius 3 is 2.50 bits per heavy atom. The van der Waals surface area contributed by atoms with Gasteiger partial charge in [-0.25, -0.2) is 18.4 Å². The van der Waals surface area contributed by atoms with Gasteiger partial charge in [0.25, 0.3) is 0 Å². The third kappa shape index (κ3) is 4.86. The molecular formula is C24H25F3N4O2S. The second kappa shape index (κ2) is 8.57. The summed E-state index contributed by atoms with van der Waals surface area (Å²) in [4.78, 5) is 8.98. The average Bonchev–Trinajstić information content (AvgIpc) is 2.74. The molecule has 0 radical (unpaired) electrons. The Labute approximate surface area is 196 Å². The van der Waals surface area contributed by atoms with Gasteiger partial charge in [-0.3, -0.25) is 0 Å². The van der Waals surface area contributed by atoms with Gasteiger partial charge in [-0.2, -0.15) is 13.2 Å². The van der Waals surface area contributed by atoms with Crippen molar-refractivity contribution in [3.8, 4) is 0 Å². The van der Waals surface area contributed by atoms with Crippen LogP contribution in [-0.4, -0.2) is 29.9 Å². The Morgan fingerprint density at radius 1 is 1.12 bits per heavy atom. The number of alkyl halides is 3. The van der Waals surface area contributed by atoms with E-state index in [0.29, 0.717) is 34.5 Å². The molecule has 2 aromatic carbocycles. The van der Waals surface area contributed by atoms with Crippen LogP contribution in [0.5, 0.6) is 0 Å². The lowest BCUT2D eigenvalue weighted by Crippen LogP contribution is -2.16. The number of benzene rings is 2. The minimum absolute atomic E-state index is 0.00313. The largest absolute Gasteiger partial charge is 0.416 e. The van der Waals surface area contributed by atoms with Crippen LogP contribution in [0.25, 0.3) is 16.5 Å². The van der Waals surface area contributed by atoms with Gasteiger partial charge in [-0.05, 0) is 73.7 Å². The van der Waals surface area contributed by atoms with E-state index >= 15 is 0 Å². The fraction of sp³-hybridized carbons (Fsp3) is 0.333. The molecule has 180 valence electrons. The molecule has 1 aromatic heterocycles. The Hall–Kier alpha value is -3.14. The predicted molar refractivity (Wildman–Crippen MR) is 128 cm³/mol. The topological polar surface area (TPSA) is 98.0 Å². The fourth-order valence-electron chi connectivity index (χ4n) is 4.28. The highest BCUT2D eigenvalue weighted by Crippen LogP contribution is 2.37. The summed E-state index contributed by atoms with van der Waals surface area (Å²) in [6, 6.07) is 7.58. The average molecular weight is 491 g/mol. The zero-order valence-electron chi connectivity index (χ0n) is 19.0. The lowest BCUT2D eigenvalue weighted by molar-refractivity contribution is -0.138. The third-order valence-corrected chi connectivity index (χ3v) is 7.54. The maximum atomic E-state index is 13.5. The van der Waals surface area contributed by atoms with Crippen molar-refractivity contribution in [2.75, 3.05) is 22.6 Å². The second-order valence-electron chi connectivity index (χ2n) is 8.59. The quantitative estimate of drug-likeness (QED) is 0.487. The first-order valence-corrected chi connectivity index (χ1v) is 12.6. The Kier molecular flexibility index (Phi) is 6.05. The Balaban J connectivity index is 1.75. The molecule has 10 heteroatoms. The number of aromatic nitrogens is 2. The lowest BCUT2D eigenvalue weighted by atomic mass is 9.96. The van der Waals surface area contributed by atoms with Crippen molar-refractivity contribution < 1.29 is 21.6 Å². The van der Waals surface area contributed by atoms with Crippen LogP contribution in [0.3, 0.4) is 0 Å². The van der Waals surface area contributed by atoms with Crippen LogP contribution >= 0.6 is 0 Å². The number of hydrogen-bond acceptors (Lipinski definition) is 6. The van der Waals surface area contributed by atoms with Crippen molar-refractivity contribution in [2.45, 2.75) is 39.4 Å². The van der Waals surface area contributed by atoms with E-state index in [1.807, 2.05) is 18.2 Å². The van der Waals surface area contributed by atoms with E-state index in [4.69, 9.17) is 5.73 Å². The predicted octanol–water partition coefficient (Wildman–Crippen LogP) is 5.22. The number of hydrogen-bond donors (Lipinski definition) is 2. The van der Waals surface area contributed by atoms with Crippen molar-refractivity contribution >= 4 is 37.8 Å². The van der Waals surface area contributed by atoms with Crippen LogP contribution in [0.2, 0.25) is 0 Å². The number of aryl methyl sites for hydroxylation is 1. The van der Waals surface area contributed by atoms with Crippen molar-refractivity contribution in [3.63, 3.8) is 0 Å². The van der Waals surface area contributed by atoms with Crippen molar-refractivity contribution in [1.29, 1.82) is 0 Å². The molecule has 1 aliphatic rings. The number of fused-ring (bicyclic) bond motifs is 1. The summed E-state index contributed by atoms with van der Waals surface area (Å²) in [6.45, 7) is 4.93. The summed E-state index contributed by atoms with van der Waals surface area (Å²) in [7, 11) is -3.05. The third-order valence-electron chi connectivity index (χ3n) is 6.04. The van der Waals surface area contributed by atoms with Crippen LogP contribution in [-0.2, 0) is 16.0 Å². The summed E-state index contributed by atoms with van der Waals surface area (Å²) in [5.74, 6) is 1.09. The van der Waals surface area contributed by atoms with Crippen molar-refractivity contribution in [3.05, 3.63) is 64.5 Å². The van der Waals surface area contributed by atoms with E-state index in [1.165, 1.54) is 13.0 Å². The summed E-state index contributed by atoms with van der Waals surface area (Å²) in [5.41, 5.74) is 8.06. The number of nitrogens with two attached hydrogens (primary N) is 1. The SMILES string of the molecule is Cc1nc(N[C@H](C)c2cc(N)cc(C(F)(F)F)c2C)c2cc(C3=CCS(=O)(=O)CC3)ccc2n1. The van der Waals surface area contributed by atoms with Gasteiger partial charge in [0, 0.05) is 11.1 Å². The van der Waals surface area contributed by atoms with Crippen molar-refractivity contribution in [2.24, 2.45) is 0 Å². The number of anilines is 2. The Morgan fingerprint density at radius 2 is 1.85 bits per heavy atom. The molecule has 2 heterocycles. The first-order chi connectivity index (χ1) is 15.8. The summed E-state index contributed by atoms with van der Waals surface area (Å²) < 4.78 is 64.0. The number of nitrogens with zero attached hydrogens (tertiary/aromatic N) is 2. The highest BCUT2D eigenvalue weighted by Gasteiger charge is 2.34. The molecule has 0 unspecified atom stereocenters. The number of nitrogen functional groups attached to an aromatic ring is 1. The molecule has 0 spiro atoms. The maximum Gasteiger partial charge on any atom is 0.416 e. The number of nitrogens with one attached hydrogen (secondary N) is 1. The zero-order chi connectivity index (χ0) is 24.8. The van der Waals surface area contributed by atoms with Gasteiger partial charge in [0.2, 0.25) is 0 Å². The first kappa shape index (κ1) is 24.0. The summed E-state index contributed by atoms with van der Waals surface area (Å²) in [6.07, 6.45) is -2.37. The molecule has 0 saturated carbocycles. The molecule has 0 fully saturated rings. The standard InChI is InChI=1S/C24H25F3N4O2S/c1-13-19(11-18(28)12-21(13)24(25,26)27)14(2)29-23-20-10-17(4-5-22(20)30-15(3)31-23)16-6-8-34(32,33)9-7-16/h4-6,10-12,14H,7-9,28H2,1-3H3,(H,29,30,31)/t14-/m1/s1. The van der Waals surface area contributed by atoms with E-state index in [0.717, 1.165) is 17.2 Å². The molecule has 0 bridgehead atoms. The van der Waals surface area contributed by atoms with Gasteiger partial charge >= 0.3 is 6.18 Å². The van der Waals surface area contributed by atoms with E-state index < -0.39 is 27.6 Å². The van der Waals surface area contributed by atoms with Crippen LogP contribution < -0.4 is 11.1 Å². The van der Waals surface area contributed by atoms with E-state index in [1.54, 1.807) is 19.9 Å². The molecule has 34 heavy (non-hydrogen) atoms. The monoisotopic (exact) mass is 490 g/mol. The van der Waals surface area contributed by atoms with Crippen molar-refractivity contribution in [1.82, 2.24) is 9.97 Å². The van der Waals surface area contributed by atoms with Gasteiger partial charge in [0.05, 0.1) is 28.6 Å². The molecular weight excluding hydrogens is 465 g/mol. The smallest absolute Gasteiger partial charge is 0.399 e. The van der Waals surface area contributed by atoms with Gasteiger partial charge in [0.1, 0.15) is 11.6 Å². The van der Waals surface area contributed by atoms with Gasteiger partial charge in [-0.1, -0.05) is 12.1 Å². The van der Waals surface area contributed by atoms with Crippen LogP contribution in [0, 0.1) is 13.8 Å². The minimum atomic E-state index is -4.51.